The molecule has 4 heterocycles. The molecule has 31 heavy (non-hydrogen) atoms. The van der Waals surface area contributed by atoms with Crippen LogP contribution in [0.2, 0.25) is 0 Å². The summed E-state index contributed by atoms with van der Waals surface area (Å²) in [7, 11) is 0. The Kier molecular flexibility index (Phi) is 5.15. The number of thioether (sulfide) groups is 1. The molecule has 0 radical (unpaired) electrons. The second kappa shape index (κ2) is 8.11. The van der Waals surface area contributed by atoms with Gasteiger partial charge in [0.25, 0.3) is 0 Å². The molecular formula is C23H22N4O3S. The van der Waals surface area contributed by atoms with E-state index >= 15 is 0 Å². The van der Waals surface area contributed by atoms with Crippen LogP contribution in [0, 0.1) is 13.8 Å². The summed E-state index contributed by atoms with van der Waals surface area (Å²) in [4.78, 5) is 13.0. The van der Waals surface area contributed by atoms with E-state index in [1.165, 1.54) is 11.8 Å². The third-order valence-electron chi connectivity index (χ3n) is 5.44. The van der Waals surface area contributed by atoms with Crippen LogP contribution in [0.1, 0.15) is 21.7 Å². The van der Waals surface area contributed by atoms with E-state index in [-0.39, 0.29) is 11.9 Å². The largest absolute Gasteiger partial charge is 0.486 e. The van der Waals surface area contributed by atoms with Crippen molar-refractivity contribution in [2.24, 2.45) is 0 Å². The lowest BCUT2D eigenvalue weighted by atomic mass is 10.2. The number of aromatic nitrogens is 4. The molecule has 0 bridgehead atoms. The average molecular weight is 435 g/mol. The van der Waals surface area contributed by atoms with Gasteiger partial charge in [0.05, 0.1) is 12.3 Å². The minimum absolute atomic E-state index is 0.0724. The number of fused-ring (bicyclic) bond motifs is 2. The van der Waals surface area contributed by atoms with Crippen molar-refractivity contribution < 1.29 is 14.3 Å². The van der Waals surface area contributed by atoms with Crippen molar-refractivity contribution in [3.63, 3.8) is 0 Å². The van der Waals surface area contributed by atoms with E-state index in [1.807, 2.05) is 73.0 Å². The molecule has 1 aliphatic heterocycles. The SMILES string of the molecule is Cc1cc(C(=O)CSc2nnc3ccccn23)c(C)n1C[C@@H]1COc2ccccc2O1. The minimum atomic E-state index is -0.112. The van der Waals surface area contributed by atoms with Crippen molar-refractivity contribution in [1.29, 1.82) is 0 Å². The summed E-state index contributed by atoms with van der Waals surface area (Å²) in [5.41, 5.74) is 3.47. The van der Waals surface area contributed by atoms with Crippen molar-refractivity contribution >= 4 is 23.2 Å². The van der Waals surface area contributed by atoms with Crippen molar-refractivity contribution in [3.8, 4) is 11.5 Å². The smallest absolute Gasteiger partial charge is 0.196 e. The highest BCUT2D eigenvalue weighted by Crippen LogP contribution is 2.31. The van der Waals surface area contributed by atoms with Gasteiger partial charge < -0.3 is 14.0 Å². The lowest BCUT2D eigenvalue weighted by Crippen LogP contribution is -2.33. The Labute approximate surface area is 184 Å². The lowest BCUT2D eigenvalue weighted by Gasteiger charge is -2.27. The van der Waals surface area contributed by atoms with Crippen LogP contribution in [0.15, 0.2) is 59.9 Å². The molecule has 3 aromatic heterocycles. The second-order valence-corrected chi connectivity index (χ2v) is 8.46. The molecular weight excluding hydrogens is 412 g/mol. The maximum absolute atomic E-state index is 13.0. The molecule has 158 valence electrons. The van der Waals surface area contributed by atoms with Crippen LogP contribution in [-0.2, 0) is 6.54 Å². The van der Waals surface area contributed by atoms with Gasteiger partial charge in [0, 0.05) is 23.1 Å². The van der Waals surface area contributed by atoms with Gasteiger partial charge in [-0.15, -0.1) is 10.2 Å². The molecule has 0 saturated heterocycles. The molecule has 0 N–H and O–H groups in total. The predicted molar refractivity (Wildman–Crippen MR) is 118 cm³/mol. The van der Waals surface area contributed by atoms with E-state index in [0.717, 1.165) is 34.1 Å². The molecule has 4 aromatic rings. The summed E-state index contributed by atoms with van der Waals surface area (Å²) in [6.45, 7) is 5.10. The van der Waals surface area contributed by atoms with Gasteiger partial charge in [0.15, 0.2) is 34.2 Å². The fraction of sp³-hybridized carbons (Fsp3) is 0.261. The van der Waals surface area contributed by atoms with Crippen LogP contribution in [-0.4, -0.2) is 43.4 Å². The average Bonchev–Trinajstić information content (AvgIpc) is 3.33. The molecule has 0 amide bonds. The zero-order valence-electron chi connectivity index (χ0n) is 17.3. The van der Waals surface area contributed by atoms with Gasteiger partial charge in [-0.1, -0.05) is 30.0 Å². The standard InChI is InChI=1S/C23H22N4O3S/c1-15-11-18(19(28)14-31-23-25-24-22-9-5-6-10-26(22)23)16(2)27(15)12-17-13-29-20-7-3-4-8-21(20)30-17/h3-11,17H,12-14H2,1-2H3/t17-/m1/s1. The van der Waals surface area contributed by atoms with E-state index in [1.54, 1.807) is 0 Å². The quantitative estimate of drug-likeness (QED) is 0.338. The van der Waals surface area contributed by atoms with Crippen molar-refractivity contribution in [2.75, 3.05) is 12.4 Å². The number of carbonyl (C=O) groups excluding carboxylic acids is 1. The number of pyridine rings is 1. The highest BCUT2D eigenvalue weighted by molar-refractivity contribution is 7.99. The molecule has 1 aliphatic rings. The third-order valence-corrected chi connectivity index (χ3v) is 6.39. The number of nitrogens with zero attached hydrogens (tertiary/aromatic N) is 4. The summed E-state index contributed by atoms with van der Waals surface area (Å²) in [5.74, 6) is 1.90. The number of aryl methyl sites for hydroxylation is 1. The topological polar surface area (TPSA) is 70.7 Å². The summed E-state index contributed by atoms with van der Waals surface area (Å²) >= 11 is 1.40. The van der Waals surface area contributed by atoms with Crippen LogP contribution >= 0.6 is 11.8 Å². The highest BCUT2D eigenvalue weighted by atomic mass is 32.2. The van der Waals surface area contributed by atoms with Crippen LogP contribution in [0.3, 0.4) is 0 Å². The highest BCUT2D eigenvalue weighted by Gasteiger charge is 2.24. The van der Waals surface area contributed by atoms with Crippen LogP contribution in [0.25, 0.3) is 5.65 Å². The minimum Gasteiger partial charge on any atom is -0.486 e. The molecule has 0 fully saturated rings. The fourth-order valence-electron chi connectivity index (χ4n) is 3.85. The van der Waals surface area contributed by atoms with Gasteiger partial charge in [-0.05, 0) is 44.2 Å². The van der Waals surface area contributed by atoms with Crippen LogP contribution < -0.4 is 9.47 Å². The number of Topliss-reactive ketones (excluding diaryl/α,β-unsaturated/α-hetero) is 1. The van der Waals surface area contributed by atoms with Crippen LogP contribution in [0.4, 0.5) is 0 Å². The fourth-order valence-corrected chi connectivity index (χ4v) is 4.65. The summed E-state index contributed by atoms with van der Waals surface area (Å²) in [6, 6.07) is 15.4. The molecule has 5 rings (SSSR count). The van der Waals surface area contributed by atoms with Crippen LogP contribution in [0.5, 0.6) is 11.5 Å². The maximum atomic E-state index is 13.0. The number of benzene rings is 1. The zero-order valence-corrected chi connectivity index (χ0v) is 18.1. The van der Waals surface area contributed by atoms with Gasteiger partial charge >= 0.3 is 0 Å². The molecule has 0 aliphatic carbocycles. The Hall–Kier alpha value is -3.26. The van der Waals surface area contributed by atoms with Crippen molar-refractivity contribution in [2.45, 2.75) is 31.7 Å². The Bertz CT molecular complexity index is 1260. The van der Waals surface area contributed by atoms with Gasteiger partial charge in [0.1, 0.15) is 6.61 Å². The second-order valence-electron chi connectivity index (χ2n) is 7.52. The van der Waals surface area contributed by atoms with E-state index in [9.17, 15) is 4.79 Å². The van der Waals surface area contributed by atoms with Gasteiger partial charge in [-0.3, -0.25) is 9.20 Å². The molecule has 1 aromatic carbocycles. The van der Waals surface area contributed by atoms with E-state index in [2.05, 4.69) is 14.8 Å². The Morgan fingerprint density at radius 2 is 1.94 bits per heavy atom. The van der Waals surface area contributed by atoms with Gasteiger partial charge in [-0.25, -0.2) is 0 Å². The lowest BCUT2D eigenvalue weighted by molar-refractivity contribution is 0.0777. The molecule has 7 nitrogen and oxygen atoms in total. The summed E-state index contributed by atoms with van der Waals surface area (Å²) < 4.78 is 16.0. The molecule has 1 atom stereocenters. The first-order valence-corrected chi connectivity index (χ1v) is 11.1. The third kappa shape index (κ3) is 3.79. The first kappa shape index (κ1) is 19.7. The number of ether oxygens (including phenoxy) is 2. The van der Waals surface area contributed by atoms with Gasteiger partial charge in [0.2, 0.25) is 0 Å². The number of carbonyl (C=O) groups is 1. The Morgan fingerprint density at radius 1 is 1.13 bits per heavy atom. The number of para-hydroxylation sites is 2. The Morgan fingerprint density at radius 3 is 2.81 bits per heavy atom. The molecule has 0 saturated carbocycles. The number of hydrogen-bond donors (Lipinski definition) is 0. The van der Waals surface area contributed by atoms with Crippen molar-refractivity contribution in [3.05, 3.63) is 71.7 Å². The number of hydrogen-bond acceptors (Lipinski definition) is 6. The predicted octanol–water partition coefficient (Wildman–Crippen LogP) is 3.96. The zero-order chi connectivity index (χ0) is 21.4. The normalized spacial score (nSPS) is 15.4. The first-order chi connectivity index (χ1) is 15.1. The molecule has 0 unspecified atom stereocenters. The maximum Gasteiger partial charge on any atom is 0.196 e. The number of rotatable bonds is 6. The summed E-state index contributed by atoms with van der Waals surface area (Å²) in [5, 5.41) is 9.04. The first-order valence-electron chi connectivity index (χ1n) is 10.1. The van der Waals surface area contributed by atoms with E-state index in [4.69, 9.17) is 9.47 Å². The van der Waals surface area contributed by atoms with Crippen molar-refractivity contribution in [1.82, 2.24) is 19.2 Å². The van der Waals surface area contributed by atoms with E-state index in [0.29, 0.717) is 24.1 Å². The van der Waals surface area contributed by atoms with Gasteiger partial charge in [-0.2, -0.15) is 0 Å². The summed E-state index contributed by atoms with van der Waals surface area (Å²) in [6.07, 6.45) is 1.79. The molecule has 8 heteroatoms. The molecule has 0 spiro atoms. The monoisotopic (exact) mass is 434 g/mol. The Balaban J connectivity index is 1.29. The van der Waals surface area contributed by atoms with E-state index < -0.39 is 0 Å². The number of ketones is 1.